The number of hydrogen-bond donors (Lipinski definition) is 3. The van der Waals surface area contributed by atoms with Crippen LogP contribution in [0.5, 0.6) is 0 Å². The summed E-state index contributed by atoms with van der Waals surface area (Å²) in [5.74, 6) is 0.393. The van der Waals surface area contributed by atoms with Crippen LogP contribution in [0.25, 0.3) is 0 Å². The van der Waals surface area contributed by atoms with E-state index in [-0.39, 0.29) is 42.0 Å². The minimum Gasteiger partial charge on any atom is -0.355 e. The largest absolute Gasteiger partial charge is 0.355 e. The number of carbonyl (C=O) groups is 3. The van der Waals surface area contributed by atoms with Gasteiger partial charge in [-0.15, -0.1) is 0 Å². The third-order valence-electron chi connectivity index (χ3n) is 5.38. The van der Waals surface area contributed by atoms with E-state index >= 15 is 0 Å². The highest BCUT2D eigenvalue weighted by Crippen LogP contribution is 2.30. The predicted molar refractivity (Wildman–Crippen MR) is 104 cm³/mol. The van der Waals surface area contributed by atoms with Gasteiger partial charge in [0, 0.05) is 30.5 Å². The van der Waals surface area contributed by atoms with Crippen molar-refractivity contribution in [3.8, 4) is 0 Å². The smallest absolute Gasteiger partial charge is 0.227 e. The molecule has 2 aliphatic carbocycles. The van der Waals surface area contributed by atoms with Crippen molar-refractivity contribution in [3.05, 3.63) is 29.8 Å². The number of amides is 3. The molecule has 3 amide bonds. The molecule has 3 rings (SSSR count). The minimum atomic E-state index is -0.129. The van der Waals surface area contributed by atoms with Crippen LogP contribution in [0.3, 0.4) is 0 Å². The number of carbonyl (C=O) groups excluding carboxylic acids is 3. The minimum absolute atomic E-state index is 0.0807. The molecule has 6 heteroatoms. The normalized spacial score (nSPS) is 18.0. The molecular weight excluding hydrogens is 342 g/mol. The summed E-state index contributed by atoms with van der Waals surface area (Å²) in [5.41, 5.74) is 1.76. The summed E-state index contributed by atoms with van der Waals surface area (Å²) in [5, 5.41) is 8.72. The lowest BCUT2D eigenvalue weighted by Gasteiger charge is -2.16. The Morgan fingerprint density at radius 3 is 2.22 bits per heavy atom. The van der Waals surface area contributed by atoms with E-state index in [1.54, 1.807) is 0 Å². The maximum Gasteiger partial charge on any atom is 0.227 e. The van der Waals surface area contributed by atoms with Gasteiger partial charge in [-0.05, 0) is 50.3 Å². The van der Waals surface area contributed by atoms with E-state index in [4.69, 9.17) is 0 Å². The van der Waals surface area contributed by atoms with Crippen LogP contribution in [-0.2, 0) is 14.4 Å². The highest BCUT2D eigenvalue weighted by Gasteiger charge is 2.29. The van der Waals surface area contributed by atoms with Gasteiger partial charge in [0.15, 0.2) is 0 Å². The molecule has 1 aromatic rings. The second-order valence-electron chi connectivity index (χ2n) is 7.70. The van der Waals surface area contributed by atoms with Crippen LogP contribution < -0.4 is 16.0 Å². The maximum atomic E-state index is 12.1. The van der Waals surface area contributed by atoms with Gasteiger partial charge in [0.2, 0.25) is 17.7 Å². The summed E-state index contributed by atoms with van der Waals surface area (Å²) in [7, 11) is 0. The van der Waals surface area contributed by atoms with Gasteiger partial charge in [-0.3, -0.25) is 14.4 Å². The van der Waals surface area contributed by atoms with Gasteiger partial charge in [-0.2, -0.15) is 0 Å². The van der Waals surface area contributed by atoms with Crippen molar-refractivity contribution in [2.75, 3.05) is 11.9 Å². The summed E-state index contributed by atoms with van der Waals surface area (Å²) in [4.78, 5) is 35.8. The van der Waals surface area contributed by atoms with E-state index in [0.29, 0.717) is 6.54 Å². The van der Waals surface area contributed by atoms with E-state index in [1.165, 1.54) is 0 Å². The Morgan fingerprint density at radius 1 is 0.963 bits per heavy atom. The van der Waals surface area contributed by atoms with Crippen LogP contribution in [0.2, 0.25) is 0 Å². The van der Waals surface area contributed by atoms with Crippen molar-refractivity contribution in [3.63, 3.8) is 0 Å². The standard InChI is InChI=1S/C21H29N3O3/c1-14(15-8-10-18(11-9-15)24-21(27)17-6-7-17)23-19(25)12-13-22-20(26)16-4-2-3-5-16/h8-11,14,16-17H,2-7,12-13H2,1H3,(H,22,26)(H,23,25)(H,24,27). The van der Waals surface area contributed by atoms with Gasteiger partial charge in [-0.1, -0.05) is 25.0 Å². The second-order valence-corrected chi connectivity index (χ2v) is 7.70. The first-order valence-corrected chi connectivity index (χ1v) is 10.0. The molecule has 0 aliphatic heterocycles. The van der Waals surface area contributed by atoms with Crippen molar-refractivity contribution in [2.24, 2.45) is 11.8 Å². The summed E-state index contributed by atoms with van der Waals surface area (Å²) in [6.45, 7) is 2.30. The molecule has 1 aromatic carbocycles. The van der Waals surface area contributed by atoms with Crippen LogP contribution in [0, 0.1) is 11.8 Å². The number of anilines is 1. The number of nitrogens with one attached hydrogen (secondary N) is 3. The molecule has 0 spiro atoms. The van der Waals surface area contributed by atoms with Crippen molar-refractivity contribution in [2.45, 2.75) is 57.9 Å². The van der Waals surface area contributed by atoms with Crippen molar-refractivity contribution in [1.29, 1.82) is 0 Å². The maximum absolute atomic E-state index is 12.1. The summed E-state index contributed by atoms with van der Waals surface area (Å²) in [6, 6.07) is 7.42. The molecule has 2 fully saturated rings. The molecule has 146 valence electrons. The Morgan fingerprint density at radius 2 is 1.59 bits per heavy atom. The fourth-order valence-corrected chi connectivity index (χ4v) is 3.47. The van der Waals surface area contributed by atoms with Crippen LogP contribution in [0.4, 0.5) is 5.69 Å². The Balaban J connectivity index is 1.38. The van der Waals surface area contributed by atoms with E-state index in [2.05, 4.69) is 16.0 Å². The highest BCUT2D eigenvalue weighted by molar-refractivity contribution is 5.94. The lowest BCUT2D eigenvalue weighted by Crippen LogP contribution is -2.34. The van der Waals surface area contributed by atoms with E-state index < -0.39 is 0 Å². The zero-order valence-corrected chi connectivity index (χ0v) is 15.9. The zero-order valence-electron chi connectivity index (χ0n) is 15.9. The van der Waals surface area contributed by atoms with Gasteiger partial charge in [-0.25, -0.2) is 0 Å². The molecule has 0 bridgehead atoms. The molecule has 1 atom stereocenters. The average molecular weight is 371 g/mol. The molecule has 0 heterocycles. The summed E-state index contributed by atoms with van der Waals surface area (Å²) in [6.07, 6.45) is 6.41. The Bertz CT molecular complexity index is 676. The molecule has 1 unspecified atom stereocenters. The van der Waals surface area contributed by atoms with Crippen molar-refractivity contribution >= 4 is 23.4 Å². The Labute approximate surface area is 160 Å². The number of benzene rings is 1. The number of hydrogen-bond acceptors (Lipinski definition) is 3. The van der Waals surface area contributed by atoms with E-state index in [0.717, 1.165) is 49.8 Å². The van der Waals surface area contributed by atoms with Crippen LogP contribution in [-0.4, -0.2) is 24.3 Å². The predicted octanol–water partition coefficient (Wildman–Crippen LogP) is 2.91. The van der Waals surface area contributed by atoms with Crippen molar-refractivity contribution < 1.29 is 14.4 Å². The first-order chi connectivity index (χ1) is 13.0. The molecule has 0 aromatic heterocycles. The quantitative estimate of drug-likeness (QED) is 0.657. The topological polar surface area (TPSA) is 87.3 Å². The zero-order chi connectivity index (χ0) is 19.2. The Kier molecular flexibility index (Phi) is 6.48. The second kappa shape index (κ2) is 9.02. The van der Waals surface area contributed by atoms with Crippen LogP contribution in [0.15, 0.2) is 24.3 Å². The number of rotatable bonds is 8. The first-order valence-electron chi connectivity index (χ1n) is 10.0. The third kappa shape index (κ3) is 5.81. The van der Waals surface area contributed by atoms with Crippen molar-refractivity contribution in [1.82, 2.24) is 10.6 Å². The van der Waals surface area contributed by atoms with Gasteiger partial charge in [0.05, 0.1) is 6.04 Å². The van der Waals surface area contributed by atoms with Gasteiger partial charge in [0.25, 0.3) is 0 Å². The monoisotopic (exact) mass is 371 g/mol. The Hall–Kier alpha value is -2.37. The lowest BCUT2D eigenvalue weighted by molar-refractivity contribution is -0.125. The molecule has 2 aliphatic rings. The molecule has 27 heavy (non-hydrogen) atoms. The van der Waals surface area contributed by atoms with E-state index in [1.807, 2.05) is 31.2 Å². The summed E-state index contributed by atoms with van der Waals surface area (Å²) >= 11 is 0. The lowest BCUT2D eigenvalue weighted by atomic mass is 10.1. The summed E-state index contributed by atoms with van der Waals surface area (Å²) < 4.78 is 0. The van der Waals surface area contributed by atoms with Gasteiger partial charge in [0.1, 0.15) is 0 Å². The fourth-order valence-electron chi connectivity index (χ4n) is 3.47. The highest BCUT2D eigenvalue weighted by atomic mass is 16.2. The SMILES string of the molecule is CC(NC(=O)CCNC(=O)C1CCCC1)c1ccc(NC(=O)C2CC2)cc1. The fraction of sp³-hybridized carbons (Fsp3) is 0.571. The third-order valence-corrected chi connectivity index (χ3v) is 5.38. The molecule has 6 nitrogen and oxygen atoms in total. The molecule has 2 saturated carbocycles. The molecule has 0 saturated heterocycles. The average Bonchev–Trinajstić information content (AvgIpc) is 3.36. The molecular formula is C21H29N3O3. The van der Waals surface area contributed by atoms with Crippen LogP contribution in [0.1, 0.15) is 63.5 Å². The molecule has 0 radical (unpaired) electrons. The molecule has 3 N–H and O–H groups in total. The van der Waals surface area contributed by atoms with E-state index in [9.17, 15) is 14.4 Å². The van der Waals surface area contributed by atoms with Gasteiger partial charge < -0.3 is 16.0 Å². The first kappa shape index (κ1) is 19.4. The van der Waals surface area contributed by atoms with Crippen LogP contribution >= 0.6 is 0 Å². The van der Waals surface area contributed by atoms with Gasteiger partial charge >= 0.3 is 0 Å².